The Morgan fingerprint density at radius 2 is 1.96 bits per heavy atom. The molecule has 0 amide bonds. The molecule has 6 heteroatoms. The Bertz CT molecular complexity index is 569. The maximum atomic E-state index is 6.08. The lowest BCUT2D eigenvalue weighted by molar-refractivity contribution is 0.124. The van der Waals surface area contributed by atoms with Crippen molar-refractivity contribution >= 4 is 17.6 Å². The Balaban J connectivity index is 1.75. The quantitative estimate of drug-likeness (QED) is 0.583. The van der Waals surface area contributed by atoms with Gasteiger partial charge in [0.15, 0.2) is 5.96 Å². The first-order valence-electron chi connectivity index (χ1n) is 9.62. The van der Waals surface area contributed by atoms with Gasteiger partial charge in [0, 0.05) is 64.9 Å². The molecule has 1 saturated heterocycles. The van der Waals surface area contributed by atoms with Gasteiger partial charge in [-0.1, -0.05) is 37.6 Å². The molecule has 26 heavy (non-hydrogen) atoms. The summed E-state index contributed by atoms with van der Waals surface area (Å²) in [4.78, 5) is 11.7. The molecule has 1 aromatic carbocycles. The highest BCUT2D eigenvalue weighted by Crippen LogP contribution is 2.12. The number of halogens is 1. The number of rotatable bonds is 7. The molecule has 1 aromatic rings. The monoisotopic (exact) mass is 379 g/mol. The van der Waals surface area contributed by atoms with Crippen molar-refractivity contribution in [3.63, 3.8) is 0 Å². The van der Waals surface area contributed by atoms with E-state index in [1.54, 1.807) is 0 Å². The summed E-state index contributed by atoms with van der Waals surface area (Å²) >= 11 is 6.08. The van der Waals surface area contributed by atoms with E-state index >= 15 is 0 Å². The summed E-state index contributed by atoms with van der Waals surface area (Å²) in [6.45, 7) is 13.3. The van der Waals surface area contributed by atoms with Crippen LogP contribution in [0.15, 0.2) is 29.3 Å². The van der Waals surface area contributed by atoms with Crippen molar-refractivity contribution in [2.75, 3.05) is 59.9 Å². The summed E-state index contributed by atoms with van der Waals surface area (Å²) < 4.78 is 0. The summed E-state index contributed by atoms with van der Waals surface area (Å²) in [7, 11) is 3.90. The molecule has 2 rings (SSSR count). The number of nitrogens with one attached hydrogen (secondary N) is 1. The van der Waals surface area contributed by atoms with Gasteiger partial charge in [-0.2, -0.15) is 0 Å². The van der Waals surface area contributed by atoms with Crippen molar-refractivity contribution in [3.05, 3.63) is 34.9 Å². The molecule has 1 fully saturated rings. The van der Waals surface area contributed by atoms with Gasteiger partial charge in [0.25, 0.3) is 0 Å². The van der Waals surface area contributed by atoms with E-state index in [1.807, 2.05) is 25.2 Å². The minimum Gasteiger partial charge on any atom is -0.356 e. The van der Waals surface area contributed by atoms with Crippen LogP contribution in [0, 0.1) is 5.92 Å². The fourth-order valence-corrected chi connectivity index (χ4v) is 3.64. The maximum Gasteiger partial charge on any atom is 0.193 e. The molecule has 0 aliphatic carbocycles. The fraction of sp³-hybridized carbons (Fsp3) is 0.650. The molecular weight excluding hydrogens is 346 g/mol. The normalized spacial score (nSPS) is 18.0. The highest BCUT2D eigenvalue weighted by molar-refractivity contribution is 6.30. The third-order valence-corrected chi connectivity index (χ3v) is 5.21. The number of aliphatic imine (C=N–C) groups is 1. The molecular formula is C20H34ClN5. The molecule has 1 aliphatic rings. The van der Waals surface area contributed by atoms with Crippen LogP contribution in [-0.4, -0.2) is 80.6 Å². The topological polar surface area (TPSA) is 34.1 Å². The molecule has 1 unspecified atom stereocenters. The minimum atomic E-state index is 0.583. The average molecular weight is 380 g/mol. The van der Waals surface area contributed by atoms with Crippen LogP contribution in [0.2, 0.25) is 5.02 Å². The second-order valence-corrected chi connectivity index (χ2v) is 7.69. The van der Waals surface area contributed by atoms with Gasteiger partial charge in [0.05, 0.1) is 0 Å². The van der Waals surface area contributed by atoms with Gasteiger partial charge in [0.2, 0.25) is 0 Å². The Hall–Kier alpha value is -1.30. The third-order valence-electron chi connectivity index (χ3n) is 4.97. The van der Waals surface area contributed by atoms with E-state index in [4.69, 9.17) is 11.6 Å². The van der Waals surface area contributed by atoms with E-state index in [-0.39, 0.29) is 0 Å². The van der Waals surface area contributed by atoms with Crippen LogP contribution in [0.3, 0.4) is 0 Å². The van der Waals surface area contributed by atoms with Crippen LogP contribution >= 0.6 is 11.6 Å². The van der Waals surface area contributed by atoms with Gasteiger partial charge in [-0.05, 0) is 30.2 Å². The van der Waals surface area contributed by atoms with Gasteiger partial charge < -0.3 is 20.0 Å². The van der Waals surface area contributed by atoms with Crippen molar-refractivity contribution in [1.29, 1.82) is 0 Å². The van der Waals surface area contributed by atoms with Crippen LogP contribution in [0.5, 0.6) is 0 Å². The number of guanidine groups is 1. The van der Waals surface area contributed by atoms with E-state index in [1.165, 1.54) is 38.3 Å². The molecule has 0 saturated carbocycles. The zero-order valence-corrected chi connectivity index (χ0v) is 17.5. The number of hydrogen-bond acceptors (Lipinski definition) is 3. The Morgan fingerprint density at radius 3 is 2.58 bits per heavy atom. The molecule has 5 nitrogen and oxygen atoms in total. The van der Waals surface area contributed by atoms with Crippen LogP contribution in [0.4, 0.5) is 0 Å². The number of piperazine rings is 1. The SMILES string of the molecule is CCN1CCN(CC(C)CNC(=NC)N(C)Cc2cccc(Cl)c2)CC1. The zero-order chi connectivity index (χ0) is 18.9. The van der Waals surface area contributed by atoms with Gasteiger partial charge in [0.1, 0.15) is 0 Å². The largest absolute Gasteiger partial charge is 0.356 e. The van der Waals surface area contributed by atoms with Crippen molar-refractivity contribution in [2.24, 2.45) is 10.9 Å². The summed E-state index contributed by atoms with van der Waals surface area (Å²) in [5.41, 5.74) is 1.18. The van der Waals surface area contributed by atoms with Crippen molar-refractivity contribution < 1.29 is 0 Å². The first kappa shape index (κ1) is 21.0. The smallest absolute Gasteiger partial charge is 0.193 e. The Morgan fingerprint density at radius 1 is 1.27 bits per heavy atom. The number of nitrogens with zero attached hydrogens (tertiary/aromatic N) is 4. The van der Waals surface area contributed by atoms with Gasteiger partial charge in [-0.15, -0.1) is 0 Å². The van der Waals surface area contributed by atoms with Crippen LogP contribution in [-0.2, 0) is 6.54 Å². The van der Waals surface area contributed by atoms with E-state index in [0.717, 1.165) is 30.6 Å². The Kier molecular flexibility index (Phi) is 8.69. The molecule has 1 N–H and O–H groups in total. The number of likely N-dealkylation sites (N-methyl/N-ethyl adjacent to an activating group) is 1. The summed E-state index contributed by atoms with van der Waals surface area (Å²) in [5.74, 6) is 1.51. The first-order chi connectivity index (χ1) is 12.5. The first-order valence-corrected chi connectivity index (χ1v) is 10.0. The van der Waals surface area contributed by atoms with Crippen LogP contribution in [0.1, 0.15) is 19.4 Å². The van der Waals surface area contributed by atoms with Crippen molar-refractivity contribution in [3.8, 4) is 0 Å². The van der Waals surface area contributed by atoms with E-state index in [2.05, 4.69) is 52.0 Å². The van der Waals surface area contributed by atoms with Gasteiger partial charge >= 0.3 is 0 Å². The fourth-order valence-electron chi connectivity index (χ4n) is 3.43. The molecule has 0 radical (unpaired) electrons. The predicted octanol–water partition coefficient (Wildman–Crippen LogP) is 2.62. The highest BCUT2D eigenvalue weighted by Gasteiger charge is 2.17. The number of benzene rings is 1. The minimum absolute atomic E-state index is 0.583. The molecule has 0 bridgehead atoms. The van der Waals surface area contributed by atoms with E-state index < -0.39 is 0 Å². The van der Waals surface area contributed by atoms with E-state index in [0.29, 0.717) is 5.92 Å². The van der Waals surface area contributed by atoms with Crippen molar-refractivity contribution in [1.82, 2.24) is 20.0 Å². The average Bonchev–Trinajstić information content (AvgIpc) is 2.63. The summed E-state index contributed by atoms with van der Waals surface area (Å²) in [5, 5.41) is 4.29. The lowest BCUT2D eigenvalue weighted by Gasteiger charge is -2.35. The molecule has 0 aromatic heterocycles. The van der Waals surface area contributed by atoms with Gasteiger partial charge in [-0.25, -0.2) is 0 Å². The summed E-state index contributed by atoms with van der Waals surface area (Å²) in [6, 6.07) is 7.99. The standard InChI is InChI=1S/C20H34ClN5/c1-5-25-9-11-26(12-10-25)15-17(2)14-23-20(22-3)24(4)16-18-7-6-8-19(21)13-18/h6-8,13,17H,5,9-12,14-16H2,1-4H3,(H,22,23). The maximum absolute atomic E-state index is 6.08. The lowest BCUT2D eigenvalue weighted by Crippen LogP contribution is -2.48. The second-order valence-electron chi connectivity index (χ2n) is 7.25. The third kappa shape index (κ3) is 6.78. The number of hydrogen-bond donors (Lipinski definition) is 1. The van der Waals surface area contributed by atoms with Gasteiger partial charge in [-0.3, -0.25) is 4.99 Å². The van der Waals surface area contributed by atoms with Crippen LogP contribution in [0.25, 0.3) is 0 Å². The molecule has 146 valence electrons. The lowest BCUT2D eigenvalue weighted by atomic mass is 10.1. The summed E-state index contributed by atoms with van der Waals surface area (Å²) in [6.07, 6.45) is 0. The second kappa shape index (κ2) is 10.8. The Labute approximate surface area is 164 Å². The van der Waals surface area contributed by atoms with E-state index in [9.17, 15) is 0 Å². The van der Waals surface area contributed by atoms with Crippen LogP contribution < -0.4 is 5.32 Å². The predicted molar refractivity (Wildman–Crippen MR) is 112 cm³/mol. The molecule has 1 heterocycles. The highest BCUT2D eigenvalue weighted by atomic mass is 35.5. The molecule has 1 atom stereocenters. The molecule has 1 aliphatic heterocycles. The molecule has 0 spiro atoms. The zero-order valence-electron chi connectivity index (χ0n) is 16.7. The van der Waals surface area contributed by atoms with Crippen molar-refractivity contribution in [2.45, 2.75) is 20.4 Å².